The molecule has 0 unspecified atom stereocenters. The summed E-state index contributed by atoms with van der Waals surface area (Å²) in [5.74, 6) is -0.294. The molecule has 0 bridgehead atoms. The number of nitrogen functional groups attached to an aromatic ring is 1. The average Bonchev–Trinajstić information content (AvgIpc) is 2.85. The van der Waals surface area contributed by atoms with Crippen molar-refractivity contribution in [3.63, 3.8) is 0 Å². The minimum Gasteiger partial charge on any atom is -0.398 e. The number of halogens is 1. The Kier molecular flexibility index (Phi) is 2.68. The van der Waals surface area contributed by atoms with E-state index in [-0.39, 0.29) is 5.91 Å². The van der Waals surface area contributed by atoms with Crippen LogP contribution in [0.1, 0.15) is 10.4 Å². The van der Waals surface area contributed by atoms with Crippen molar-refractivity contribution in [2.24, 2.45) is 0 Å². The third-order valence-corrected chi connectivity index (χ3v) is 3.13. The van der Waals surface area contributed by atoms with Crippen molar-refractivity contribution >= 4 is 34.2 Å². The molecule has 0 aliphatic rings. The van der Waals surface area contributed by atoms with Crippen LogP contribution in [0.4, 0.5) is 5.69 Å². The first-order chi connectivity index (χ1) is 9.16. The Morgan fingerprint density at radius 1 is 1.21 bits per heavy atom. The molecule has 0 radical (unpaired) electrons. The van der Waals surface area contributed by atoms with E-state index in [4.69, 9.17) is 17.3 Å². The molecule has 1 aromatic heterocycles. The molecule has 0 amide bonds. The van der Waals surface area contributed by atoms with Gasteiger partial charge in [-0.05, 0) is 30.3 Å². The molecule has 1 heterocycles. The molecule has 3 aromatic rings. The summed E-state index contributed by atoms with van der Waals surface area (Å²) >= 11 is 5.83. The van der Waals surface area contributed by atoms with Crippen LogP contribution in [-0.2, 0) is 0 Å². The van der Waals surface area contributed by atoms with E-state index >= 15 is 0 Å². The standard InChI is InChI=1S/C13H9ClN4O/c14-9-6-5-8(7-10(9)15)13(19)18-12-4-2-1-3-11(12)16-17-18/h1-7H,15H2. The highest BCUT2D eigenvalue weighted by Gasteiger charge is 2.14. The van der Waals surface area contributed by atoms with Gasteiger partial charge < -0.3 is 5.73 Å². The topological polar surface area (TPSA) is 73.8 Å². The quantitative estimate of drug-likeness (QED) is 0.690. The van der Waals surface area contributed by atoms with E-state index in [1.807, 2.05) is 12.1 Å². The Balaban J connectivity index is 2.11. The second-order valence-electron chi connectivity index (χ2n) is 4.03. The molecule has 0 saturated carbocycles. The number of benzene rings is 2. The second-order valence-corrected chi connectivity index (χ2v) is 4.44. The Morgan fingerprint density at radius 3 is 2.79 bits per heavy atom. The molecule has 0 aliphatic carbocycles. The summed E-state index contributed by atoms with van der Waals surface area (Å²) in [6.07, 6.45) is 0. The minimum absolute atomic E-state index is 0.294. The molecule has 0 saturated heterocycles. The highest BCUT2D eigenvalue weighted by Crippen LogP contribution is 2.20. The van der Waals surface area contributed by atoms with Crippen LogP contribution in [0.5, 0.6) is 0 Å². The van der Waals surface area contributed by atoms with E-state index in [9.17, 15) is 4.79 Å². The Hall–Kier alpha value is -2.40. The molecular formula is C13H9ClN4O. The van der Waals surface area contributed by atoms with Crippen LogP contribution in [0.15, 0.2) is 42.5 Å². The lowest BCUT2D eigenvalue weighted by Gasteiger charge is -2.03. The number of para-hydroxylation sites is 1. The van der Waals surface area contributed by atoms with Gasteiger partial charge in [-0.2, -0.15) is 4.68 Å². The van der Waals surface area contributed by atoms with Crippen molar-refractivity contribution in [3.05, 3.63) is 53.1 Å². The maximum absolute atomic E-state index is 12.3. The summed E-state index contributed by atoms with van der Waals surface area (Å²) in [6, 6.07) is 12.0. The number of hydrogen-bond acceptors (Lipinski definition) is 4. The van der Waals surface area contributed by atoms with E-state index in [1.54, 1.807) is 24.3 Å². The molecular weight excluding hydrogens is 264 g/mol. The summed E-state index contributed by atoms with van der Waals surface area (Å²) in [5.41, 5.74) is 7.79. The molecule has 0 fully saturated rings. The maximum Gasteiger partial charge on any atom is 0.280 e. The normalized spacial score (nSPS) is 10.8. The number of nitrogens with two attached hydrogens (primary N) is 1. The first-order valence-electron chi connectivity index (χ1n) is 5.57. The lowest BCUT2D eigenvalue weighted by atomic mass is 10.2. The third-order valence-electron chi connectivity index (χ3n) is 2.79. The molecule has 94 valence electrons. The Labute approximate surface area is 113 Å². The van der Waals surface area contributed by atoms with Gasteiger partial charge in [0.05, 0.1) is 16.2 Å². The van der Waals surface area contributed by atoms with Gasteiger partial charge in [0.1, 0.15) is 5.52 Å². The molecule has 0 aliphatic heterocycles. The first-order valence-corrected chi connectivity index (χ1v) is 5.95. The monoisotopic (exact) mass is 272 g/mol. The Bertz CT molecular complexity index is 781. The van der Waals surface area contributed by atoms with Gasteiger partial charge in [-0.1, -0.05) is 28.9 Å². The van der Waals surface area contributed by atoms with Gasteiger partial charge in [-0.25, -0.2) is 0 Å². The fourth-order valence-corrected chi connectivity index (χ4v) is 1.94. The number of nitrogens with zero attached hydrogens (tertiary/aromatic N) is 3. The van der Waals surface area contributed by atoms with E-state index in [0.717, 1.165) is 0 Å². The van der Waals surface area contributed by atoms with Gasteiger partial charge in [0.25, 0.3) is 5.91 Å². The molecule has 6 heteroatoms. The zero-order chi connectivity index (χ0) is 13.4. The van der Waals surface area contributed by atoms with Crippen molar-refractivity contribution in [1.82, 2.24) is 15.0 Å². The molecule has 3 rings (SSSR count). The van der Waals surface area contributed by atoms with Crippen LogP contribution in [0.3, 0.4) is 0 Å². The first kappa shape index (κ1) is 11.7. The number of hydrogen-bond donors (Lipinski definition) is 1. The van der Waals surface area contributed by atoms with Crippen molar-refractivity contribution in [1.29, 1.82) is 0 Å². The largest absolute Gasteiger partial charge is 0.398 e. The molecule has 5 nitrogen and oxygen atoms in total. The zero-order valence-electron chi connectivity index (χ0n) is 9.75. The van der Waals surface area contributed by atoms with Gasteiger partial charge in [0.2, 0.25) is 0 Å². The molecule has 0 spiro atoms. The zero-order valence-corrected chi connectivity index (χ0v) is 10.5. The molecule has 19 heavy (non-hydrogen) atoms. The lowest BCUT2D eigenvalue weighted by Crippen LogP contribution is -2.14. The highest BCUT2D eigenvalue weighted by molar-refractivity contribution is 6.33. The van der Waals surface area contributed by atoms with Crippen LogP contribution in [0.25, 0.3) is 11.0 Å². The fourth-order valence-electron chi connectivity index (χ4n) is 1.82. The molecule has 2 N–H and O–H groups in total. The summed E-state index contributed by atoms with van der Waals surface area (Å²) in [6.45, 7) is 0. The van der Waals surface area contributed by atoms with Crippen LogP contribution in [-0.4, -0.2) is 20.9 Å². The lowest BCUT2D eigenvalue weighted by molar-refractivity contribution is 0.0948. The van der Waals surface area contributed by atoms with Gasteiger partial charge >= 0.3 is 0 Å². The SMILES string of the molecule is Nc1cc(C(=O)n2nnc3ccccc32)ccc1Cl. The summed E-state index contributed by atoms with van der Waals surface area (Å²) in [4.78, 5) is 12.3. The van der Waals surface area contributed by atoms with Crippen molar-refractivity contribution in [2.45, 2.75) is 0 Å². The van der Waals surface area contributed by atoms with Gasteiger partial charge in [0.15, 0.2) is 0 Å². The number of carbonyl (C=O) groups is 1. The van der Waals surface area contributed by atoms with Crippen LogP contribution >= 0.6 is 11.6 Å². The number of fused-ring (bicyclic) bond motifs is 1. The highest BCUT2D eigenvalue weighted by atomic mass is 35.5. The number of aromatic nitrogens is 3. The van der Waals surface area contributed by atoms with Gasteiger partial charge in [-0.3, -0.25) is 4.79 Å². The fraction of sp³-hybridized carbons (Fsp3) is 0. The van der Waals surface area contributed by atoms with Crippen molar-refractivity contribution in [3.8, 4) is 0 Å². The van der Waals surface area contributed by atoms with Crippen LogP contribution < -0.4 is 5.73 Å². The number of rotatable bonds is 1. The van der Waals surface area contributed by atoms with Gasteiger partial charge in [0, 0.05) is 5.56 Å². The summed E-state index contributed by atoms with van der Waals surface area (Å²) in [5, 5.41) is 8.22. The minimum atomic E-state index is -0.294. The van der Waals surface area contributed by atoms with Gasteiger partial charge in [-0.15, -0.1) is 5.10 Å². The predicted octanol–water partition coefficient (Wildman–Crippen LogP) is 2.36. The average molecular weight is 273 g/mol. The van der Waals surface area contributed by atoms with E-state index < -0.39 is 0 Å². The van der Waals surface area contributed by atoms with E-state index in [2.05, 4.69) is 10.3 Å². The van der Waals surface area contributed by atoms with Crippen LogP contribution in [0.2, 0.25) is 5.02 Å². The number of anilines is 1. The van der Waals surface area contributed by atoms with Crippen molar-refractivity contribution < 1.29 is 4.79 Å². The number of carbonyl (C=O) groups excluding carboxylic acids is 1. The van der Waals surface area contributed by atoms with E-state index in [0.29, 0.717) is 27.3 Å². The molecule has 2 aromatic carbocycles. The van der Waals surface area contributed by atoms with Crippen LogP contribution in [0, 0.1) is 0 Å². The third kappa shape index (κ3) is 1.94. The molecule has 0 atom stereocenters. The summed E-state index contributed by atoms with van der Waals surface area (Å²) in [7, 11) is 0. The maximum atomic E-state index is 12.3. The Morgan fingerprint density at radius 2 is 2.00 bits per heavy atom. The second kappa shape index (κ2) is 4.37. The smallest absolute Gasteiger partial charge is 0.280 e. The predicted molar refractivity (Wildman–Crippen MR) is 73.1 cm³/mol. The van der Waals surface area contributed by atoms with Crippen molar-refractivity contribution in [2.75, 3.05) is 5.73 Å². The summed E-state index contributed by atoms with van der Waals surface area (Å²) < 4.78 is 1.25. The van der Waals surface area contributed by atoms with E-state index in [1.165, 1.54) is 10.7 Å².